The third-order valence-electron chi connectivity index (χ3n) is 6.03. The Morgan fingerprint density at radius 1 is 0.697 bits per heavy atom. The lowest BCUT2D eigenvalue weighted by atomic mass is 9.82. The zero-order chi connectivity index (χ0) is 24.6. The normalized spacial score (nSPS) is 22.1. The Bertz CT molecular complexity index is 456. The molecule has 3 atom stereocenters. The first-order chi connectivity index (χ1) is 15.9. The van der Waals surface area contributed by atoms with E-state index < -0.39 is 17.6 Å². The number of rotatable bonds is 20. The van der Waals surface area contributed by atoms with E-state index in [1.165, 1.54) is 0 Å². The second-order valence-corrected chi connectivity index (χ2v) is 13.9. The lowest BCUT2D eigenvalue weighted by Crippen LogP contribution is -2.48. The zero-order valence-electron chi connectivity index (χ0n) is 22.0. The van der Waals surface area contributed by atoms with Crippen LogP contribution in [-0.4, -0.2) is 81.0 Å². The first-order valence-electron chi connectivity index (χ1n) is 13.2. The van der Waals surface area contributed by atoms with Gasteiger partial charge >= 0.3 is 17.6 Å². The van der Waals surface area contributed by atoms with Crippen LogP contribution in [0.1, 0.15) is 73.6 Å². The highest BCUT2D eigenvalue weighted by Gasteiger charge is 2.42. The fraction of sp³-hybridized carbons (Fsp3) is 1.00. The van der Waals surface area contributed by atoms with Crippen molar-refractivity contribution in [2.75, 3.05) is 46.2 Å². The van der Waals surface area contributed by atoms with Crippen molar-refractivity contribution in [2.45, 2.75) is 97.9 Å². The maximum absolute atomic E-state index is 10.6. The second kappa shape index (κ2) is 17.5. The van der Waals surface area contributed by atoms with Crippen molar-refractivity contribution in [3.8, 4) is 0 Å². The molecule has 1 aliphatic carbocycles. The van der Waals surface area contributed by atoms with Crippen LogP contribution in [0, 0.1) is 5.92 Å². The number of aliphatic hydroxyl groups excluding tert-OH is 1. The summed E-state index contributed by atoms with van der Waals surface area (Å²) in [5, 5.41) is 14.2. The Morgan fingerprint density at radius 2 is 1.15 bits per heavy atom. The van der Waals surface area contributed by atoms with E-state index in [9.17, 15) is 5.11 Å². The van der Waals surface area contributed by atoms with Gasteiger partial charge in [-0.25, -0.2) is 0 Å². The quantitative estimate of drug-likeness (QED) is 0.188. The van der Waals surface area contributed by atoms with Crippen LogP contribution >= 0.6 is 0 Å². The van der Waals surface area contributed by atoms with Gasteiger partial charge in [0.1, 0.15) is 0 Å². The molecule has 0 aromatic rings. The van der Waals surface area contributed by atoms with Crippen LogP contribution < -0.4 is 5.32 Å². The van der Waals surface area contributed by atoms with Gasteiger partial charge in [0.15, 0.2) is 0 Å². The minimum atomic E-state index is -2.61. The third-order valence-corrected chi connectivity index (χ3v) is 12.3. The predicted molar refractivity (Wildman–Crippen MR) is 135 cm³/mol. The van der Waals surface area contributed by atoms with Crippen LogP contribution in [0.2, 0.25) is 12.1 Å². The summed E-state index contributed by atoms with van der Waals surface area (Å²) < 4.78 is 35.9. The zero-order valence-corrected chi connectivity index (χ0v) is 24.0. The highest BCUT2D eigenvalue weighted by Crippen LogP contribution is 2.31. The van der Waals surface area contributed by atoms with Gasteiger partial charge < -0.3 is 37.0 Å². The number of hydrogen-bond donors (Lipinski definition) is 2. The lowest BCUT2D eigenvalue weighted by molar-refractivity contribution is 0.0571. The van der Waals surface area contributed by atoms with Crippen LogP contribution in [0.5, 0.6) is 0 Å². The average molecular weight is 510 g/mol. The van der Waals surface area contributed by atoms with Gasteiger partial charge in [0.25, 0.3) is 0 Å². The Hall–Kier alpha value is 0.114. The molecule has 0 bridgehead atoms. The van der Waals surface area contributed by atoms with Crippen molar-refractivity contribution in [3.63, 3.8) is 0 Å². The van der Waals surface area contributed by atoms with Gasteiger partial charge in [0.2, 0.25) is 0 Å². The molecule has 3 unspecified atom stereocenters. The van der Waals surface area contributed by atoms with E-state index in [0.717, 1.165) is 50.7 Å². The molecule has 0 aromatic heterocycles. The van der Waals surface area contributed by atoms with Crippen LogP contribution in [0.25, 0.3) is 0 Å². The van der Waals surface area contributed by atoms with Gasteiger partial charge in [-0.2, -0.15) is 0 Å². The summed E-state index contributed by atoms with van der Waals surface area (Å²) in [6.45, 7) is 16.4. The molecular formula is C23H51NO7Si2. The van der Waals surface area contributed by atoms with Gasteiger partial charge in [-0.15, -0.1) is 0 Å². The summed E-state index contributed by atoms with van der Waals surface area (Å²) in [5.41, 5.74) is 0. The molecule has 198 valence electrons. The minimum absolute atomic E-state index is 0.105. The van der Waals surface area contributed by atoms with Crippen LogP contribution in [0.15, 0.2) is 0 Å². The third kappa shape index (κ3) is 11.1. The molecule has 1 aliphatic rings. The van der Waals surface area contributed by atoms with Gasteiger partial charge in [0.05, 0.1) is 6.10 Å². The molecule has 33 heavy (non-hydrogen) atoms. The highest BCUT2D eigenvalue weighted by molar-refractivity contribution is 6.61. The Kier molecular flexibility index (Phi) is 16.5. The smallest absolute Gasteiger partial charge is 0.392 e. The van der Waals surface area contributed by atoms with Crippen molar-refractivity contribution in [1.82, 2.24) is 5.32 Å². The predicted octanol–water partition coefficient (Wildman–Crippen LogP) is 3.98. The second-order valence-electron chi connectivity index (χ2n) is 8.41. The first-order valence-corrected chi connectivity index (χ1v) is 17.0. The molecule has 0 spiro atoms. The standard InChI is InChI=1S/C23H51NO7Si2/c1-7-26-32(27-8-2,28-9-3)18-13-17-24-22-20-21(14-15-23(22)25)16-19-33(29-10-4,30-11-5)31-12-6/h21-25H,7-20H2,1-6H3. The molecular weight excluding hydrogens is 458 g/mol. The van der Waals surface area contributed by atoms with Crippen LogP contribution in [0.4, 0.5) is 0 Å². The Balaban J connectivity index is 2.57. The maximum Gasteiger partial charge on any atom is 0.500 e. The van der Waals surface area contributed by atoms with E-state index in [-0.39, 0.29) is 12.1 Å². The molecule has 10 heteroatoms. The van der Waals surface area contributed by atoms with Crippen molar-refractivity contribution in [3.05, 3.63) is 0 Å². The molecule has 0 amide bonds. The maximum atomic E-state index is 10.6. The molecule has 1 rings (SSSR count). The summed E-state index contributed by atoms with van der Waals surface area (Å²) in [7, 11) is -5.22. The fourth-order valence-electron chi connectivity index (χ4n) is 4.70. The van der Waals surface area contributed by atoms with Crippen molar-refractivity contribution in [2.24, 2.45) is 5.92 Å². The van der Waals surface area contributed by atoms with E-state index in [4.69, 9.17) is 26.6 Å². The van der Waals surface area contributed by atoms with E-state index in [0.29, 0.717) is 45.6 Å². The molecule has 0 heterocycles. The molecule has 0 aromatic carbocycles. The largest absolute Gasteiger partial charge is 0.500 e. The first kappa shape index (κ1) is 31.1. The lowest BCUT2D eigenvalue weighted by Gasteiger charge is -2.36. The summed E-state index contributed by atoms with van der Waals surface area (Å²) in [6, 6.07) is 1.72. The van der Waals surface area contributed by atoms with Gasteiger partial charge in [-0.1, -0.05) is 0 Å². The molecule has 2 N–H and O–H groups in total. The summed E-state index contributed by atoms with van der Waals surface area (Å²) >= 11 is 0. The molecule has 0 saturated heterocycles. The van der Waals surface area contributed by atoms with Crippen LogP contribution in [-0.2, 0) is 26.6 Å². The van der Waals surface area contributed by atoms with E-state index in [1.807, 2.05) is 41.5 Å². The van der Waals surface area contributed by atoms with Crippen molar-refractivity contribution in [1.29, 1.82) is 0 Å². The van der Waals surface area contributed by atoms with Gasteiger partial charge in [0, 0.05) is 57.8 Å². The monoisotopic (exact) mass is 509 g/mol. The SMILES string of the molecule is CCO[Si](CCCNC1CC(CC[Si](OCC)(OCC)OCC)CCC1O)(OCC)OCC. The Labute approximate surface area is 204 Å². The average Bonchev–Trinajstić information content (AvgIpc) is 2.78. The van der Waals surface area contributed by atoms with Gasteiger partial charge in [-0.05, 0) is 86.1 Å². The van der Waals surface area contributed by atoms with Gasteiger partial charge in [-0.3, -0.25) is 0 Å². The number of aliphatic hydroxyl groups is 1. The van der Waals surface area contributed by atoms with Crippen molar-refractivity contribution < 1.29 is 31.7 Å². The summed E-state index contributed by atoms with van der Waals surface area (Å²) in [6.07, 6.45) is 4.41. The summed E-state index contributed by atoms with van der Waals surface area (Å²) in [5.74, 6) is 0.530. The minimum Gasteiger partial charge on any atom is -0.392 e. The van der Waals surface area contributed by atoms with Crippen molar-refractivity contribution >= 4 is 17.6 Å². The number of hydrogen-bond acceptors (Lipinski definition) is 8. The topological polar surface area (TPSA) is 87.6 Å². The van der Waals surface area contributed by atoms with E-state index >= 15 is 0 Å². The summed E-state index contributed by atoms with van der Waals surface area (Å²) in [4.78, 5) is 0. The van der Waals surface area contributed by atoms with E-state index in [2.05, 4.69) is 5.32 Å². The molecule has 0 radical (unpaired) electrons. The van der Waals surface area contributed by atoms with E-state index in [1.54, 1.807) is 0 Å². The highest BCUT2D eigenvalue weighted by atomic mass is 28.4. The molecule has 0 aliphatic heterocycles. The van der Waals surface area contributed by atoms with Crippen LogP contribution in [0.3, 0.4) is 0 Å². The molecule has 1 fully saturated rings. The number of nitrogens with one attached hydrogen (secondary N) is 1. The Morgan fingerprint density at radius 3 is 1.61 bits per heavy atom. The molecule has 1 saturated carbocycles. The molecule has 8 nitrogen and oxygen atoms in total. The fourth-order valence-corrected chi connectivity index (χ4v) is 10.1.